The number of anilines is 1. The fourth-order valence-electron chi connectivity index (χ4n) is 3.84. The van der Waals surface area contributed by atoms with Gasteiger partial charge < -0.3 is 25.0 Å². The van der Waals surface area contributed by atoms with E-state index in [1.807, 2.05) is 0 Å². The molecule has 3 aromatic rings. The number of phenols is 2. The van der Waals surface area contributed by atoms with E-state index in [4.69, 9.17) is 21.7 Å². The van der Waals surface area contributed by atoms with Gasteiger partial charge in [-0.25, -0.2) is 4.79 Å². The molecular formula is C21H12NO5S. The van der Waals surface area contributed by atoms with Crippen LogP contribution >= 0.6 is 12.2 Å². The summed E-state index contributed by atoms with van der Waals surface area (Å²) < 4.78 is 11.9. The maximum absolute atomic E-state index is 12.7. The lowest BCUT2D eigenvalue weighted by Gasteiger charge is -2.36. The Morgan fingerprint density at radius 3 is 2.14 bits per heavy atom. The van der Waals surface area contributed by atoms with Gasteiger partial charge >= 0.3 is 5.97 Å². The first kappa shape index (κ1) is 16.6. The average molecular weight is 390 g/mol. The largest absolute Gasteiger partial charge is 0.508 e. The van der Waals surface area contributed by atoms with E-state index in [0.29, 0.717) is 39.4 Å². The molecule has 0 aliphatic carbocycles. The number of hydrogen-bond donors (Lipinski definition) is 3. The van der Waals surface area contributed by atoms with Crippen molar-refractivity contribution in [1.82, 2.24) is 0 Å². The number of benzene rings is 3. The second-order valence-electron chi connectivity index (χ2n) is 6.52. The van der Waals surface area contributed by atoms with Gasteiger partial charge in [-0.3, -0.25) is 0 Å². The monoisotopic (exact) mass is 390 g/mol. The van der Waals surface area contributed by atoms with Crippen LogP contribution in [0.2, 0.25) is 0 Å². The zero-order valence-electron chi connectivity index (χ0n) is 14.2. The van der Waals surface area contributed by atoms with Crippen molar-refractivity contribution in [3.63, 3.8) is 0 Å². The summed E-state index contributed by atoms with van der Waals surface area (Å²) in [6, 6.07) is 14.4. The molecular weight excluding hydrogens is 378 g/mol. The lowest BCUT2D eigenvalue weighted by atomic mass is 9.77. The van der Waals surface area contributed by atoms with Crippen molar-refractivity contribution in [2.24, 2.45) is 0 Å². The Bertz CT molecular complexity index is 1120. The first-order valence-electron chi connectivity index (χ1n) is 8.39. The number of carbonyl (C=O) groups excluding carboxylic acids is 1. The number of rotatable bonds is 2. The third-order valence-electron chi connectivity index (χ3n) is 4.97. The Morgan fingerprint density at radius 1 is 0.893 bits per heavy atom. The van der Waals surface area contributed by atoms with Crippen molar-refractivity contribution in [2.45, 2.75) is 5.60 Å². The van der Waals surface area contributed by atoms with Gasteiger partial charge in [0.05, 0.1) is 5.56 Å². The molecule has 3 N–H and O–H groups in total. The Labute approximate surface area is 165 Å². The Morgan fingerprint density at radius 2 is 1.54 bits per heavy atom. The molecule has 1 spiro atoms. The summed E-state index contributed by atoms with van der Waals surface area (Å²) in [6.45, 7) is 0. The molecule has 7 heteroatoms. The summed E-state index contributed by atoms with van der Waals surface area (Å²) in [5.74, 6) is 0.199. The first-order chi connectivity index (χ1) is 13.5. The summed E-state index contributed by atoms with van der Waals surface area (Å²) in [7, 11) is 0. The van der Waals surface area contributed by atoms with E-state index in [0.717, 1.165) is 0 Å². The molecule has 0 saturated heterocycles. The molecule has 2 aliphatic heterocycles. The van der Waals surface area contributed by atoms with Crippen LogP contribution in [0, 0.1) is 0 Å². The molecule has 28 heavy (non-hydrogen) atoms. The van der Waals surface area contributed by atoms with E-state index >= 15 is 0 Å². The number of aromatic hydroxyl groups is 2. The van der Waals surface area contributed by atoms with Crippen LogP contribution < -0.4 is 10.1 Å². The quantitative estimate of drug-likeness (QED) is 0.347. The number of esters is 1. The zero-order valence-corrected chi connectivity index (χ0v) is 15.0. The molecule has 6 nitrogen and oxygen atoms in total. The normalized spacial score (nSPS) is 15.1. The Kier molecular flexibility index (Phi) is 3.38. The molecule has 3 aromatic carbocycles. The van der Waals surface area contributed by atoms with Crippen LogP contribution in [0.1, 0.15) is 27.0 Å². The van der Waals surface area contributed by atoms with Gasteiger partial charge in [0.15, 0.2) is 5.60 Å². The standard InChI is InChI=1S/C21H12NO5S/c23-12-2-5-15-18(8-12)26-19-9-13(24)3-6-16(19)21(15)17-7-11(22-10-28)1-4-14(17)20(25)27-21/h1-9,23-24H,(H,22,28). The van der Waals surface area contributed by atoms with Gasteiger partial charge in [0.25, 0.3) is 0 Å². The lowest BCUT2D eigenvalue weighted by Crippen LogP contribution is -2.33. The molecule has 0 fully saturated rings. The number of hydrogen-bond acceptors (Lipinski definition) is 6. The summed E-state index contributed by atoms with van der Waals surface area (Å²) in [5.41, 5.74) is 3.97. The van der Waals surface area contributed by atoms with Gasteiger partial charge in [-0.05, 0) is 42.5 Å². The molecule has 0 saturated carbocycles. The van der Waals surface area contributed by atoms with Crippen LogP contribution in [0.4, 0.5) is 5.69 Å². The molecule has 5 rings (SSSR count). The highest BCUT2D eigenvalue weighted by Gasteiger charge is 2.53. The maximum atomic E-state index is 12.7. The lowest BCUT2D eigenvalue weighted by molar-refractivity contribution is 0.0224. The number of nitrogens with one attached hydrogen (secondary N) is 1. The molecule has 2 aliphatic rings. The summed E-state index contributed by atoms with van der Waals surface area (Å²) in [5, 5.41) is 22.7. The molecule has 1 radical (unpaired) electrons. The van der Waals surface area contributed by atoms with E-state index in [9.17, 15) is 15.0 Å². The number of thiocarbonyl (C=S) groups is 1. The average Bonchev–Trinajstić information content (AvgIpc) is 2.94. The van der Waals surface area contributed by atoms with E-state index in [-0.39, 0.29) is 11.5 Å². The van der Waals surface area contributed by atoms with Gasteiger partial charge in [0.1, 0.15) is 28.5 Å². The van der Waals surface area contributed by atoms with Crippen LogP contribution in [0.25, 0.3) is 0 Å². The van der Waals surface area contributed by atoms with Crippen molar-refractivity contribution < 1.29 is 24.5 Å². The highest BCUT2D eigenvalue weighted by atomic mass is 32.1. The van der Waals surface area contributed by atoms with E-state index in [1.165, 1.54) is 24.3 Å². The van der Waals surface area contributed by atoms with Crippen LogP contribution in [-0.2, 0) is 10.3 Å². The number of fused-ring (bicyclic) bond motifs is 6. The van der Waals surface area contributed by atoms with Gasteiger partial charge in [0, 0.05) is 34.5 Å². The third-order valence-corrected chi connectivity index (χ3v) is 5.07. The minimum absolute atomic E-state index is 0.00720. The van der Waals surface area contributed by atoms with Crippen molar-refractivity contribution >= 4 is 29.4 Å². The second kappa shape index (κ2) is 5.71. The molecule has 0 unspecified atom stereocenters. The van der Waals surface area contributed by atoms with Crippen molar-refractivity contribution in [3.05, 3.63) is 76.9 Å². The Balaban J connectivity index is 1.87. The third kappa shape index (κ3) is 2.13. The maximum Gasteiger partial charge on any atom is 0.340 e. The van der Waals surface area contributed by atoms with Gasteiger partial charge in [-0.1, -0.05) is 12.2 Å². The van der Waals surface area contributed by atoms with Crippen LogP contribution in [0.5, 0.6) is 23.0 Å². The minimum atomic E-state index is -1.28. The van der Waals surface area contributed by atoms with E-state index in [2.05, 4.69) is 10.8 Å². The number of carbonyl (C=O) groups is 1. The van der Waals surface area contributed by atoms with Gasteiger partial charge in [-0.2, -0.15) is 0 Å². The number of ether oxygens (including phenoxy) is 2. The van der Waals surface area contributed by atoms with Crippen molar-refractivity contribution in [1.29, 1.82) is 0 Å². The number of phenolic OH excluding ortho intramolecular Hbond substituents is 2. The smallest absolute Gasteiger partial charge is 0.340 e. The predicted octanol–water partition coefficient (Wildman–Crippen LogP) is 3.91. The molecule has 0 amide bonds. The molecule has 0 atom stereocenters. The first-order valence-corrected chi connectivity index (χ1v) is 8.79. The van der Waals surface area contributed by atoms with Crippen LogP contribution in [0.3, 0.4) is 0 Å². The van der Waals surface area contributed by atoms with Crippen molar-refractivity contribution in [3.8, 4) is 23.0 Å². The fraction of sp³-hybridized carbons (Fsp3) is 0.0476. The minimum Gasteiger partial charge on any atom is -0.508 e. The highest BCUT2D eigenvalue weighted by Crippen LogP contribution is 2.57. The fourth-order valence-corrected chi connectivity index (χ4v) is 3.95. The molecule has 137 valence electrons. The van der Waals surface area contributed by atoms with E-state index in [1.54, 1.807) is 30.3 Å². The van der Waals surface area contributed by atoms with Gasteiger partial charge in [-0.15, -0.1) is 0 Å². The van der Waals surface area contributed by atoms with Gasteiger partial charge in [0.2, 0.25) is 0 Å². The molecule has 0 aromatic heterocycles. The summed E-state index contributed by atoms with van der Waals surface area (Å²) >= 11 is 4.75. The topological polar surface area (TPSA) is 88.0 Å². The summed E-state index contributed by atoms with van der Waals surface area (Å²) in [4.78, 5) is 12.7. The second-order valence-corrected chi connectivity index (χ2v) is 6.73. The summed E-state index contributed by atoms with van der Waals surface area (Å²) in [6.07, 6.45) is 0. The molecule has 0 bridgehead atoms. The SMILES string of the molecule is O=C1OC2(c3ccc(O)cc3Oc3cc(O)ccc32)c2cc(N[C]=S)ccc21. The van der Waals surface area contributed by atoms with E-state index < -0.39 is 11.6 Å². The highest BCUT2D eigenvalue weighted by molar-refractivity contribution is 7.79. The van der Waals surface area contributed by atoms with Crippen molar-refractivity contribution in [2.75, 3.05) is 5.32 Å². The Hall–Kier alpha value is -3.58. The molecule has 2 heterocycles. The van der Waals surface area contributed by atoms with Crippen LogP contribution in [0.15, 0.2) is 54.6 Å². The predicted molar refractivity (Wildman–Crippen MR) is 104 cm³/mol. The zero-order chi connectivity index (χ0) is 19.5. The van der Waals surface area contributed by atoms with Crippen LogP contribution in [-0.4, -0.2) is 21.7 Å².